The molecule has 4 rings (SSSR count). The number of hydrogen-bond donors (Lipinski definition) is 1. The highest BCUT2D eigenvalue weighted by atomic mass is 32.1. The van der Waals surface area contributed by atoms with Crippen LogP contribution in [0.4, 0.5) is 4.39 Å². The number of carbonyl (C=O) groups is 1. The Labute approximate surface area is 160 Å². The summed E-state index contributed by atoms with van der Waals surface area (Å²) in [5.41, 5.74) is 3.26. The first-order chi connectivity index (χ1) is 13.0. The topological polar surface area (TPSA) is 46.9 Å². The van der Waals surface area contributed by atoms with E-state index in [-0.39, 0.29) is 18.3 Å². The van der Waals surface area contributed by atoms with Crippen molar-refractivity contribution in [3.63, 3.8) is 0 Å². The van der Waals surface area contributed by atoms with Crippen LogP contribution in [-0.2, 0) is 6.54 Å². The minimum atomic E-state index is -0.326. The van der Waals surface area contributed by atoms with Crippen molar-refractivity contribution in [2.45, 2.75) is 20.4 Å². The molecule has 4 aromatic rings. The first-order valence-corrected chi connectivity index (χ1v) is 9.42. The summed E-state index contributed by atoms with van der Waals surface area (Å²) < 4.78 is 15.8. The number of fused-ring (bicyclic) bond motifs is 1. The molecule has 0 fully saturated rings. The molecule has 3 heterocycles. The summed E-state index contributed by atoms with van der Waals surface area (Å²) in [6.07, 6.45) is 3.82. The Morgan fingerprint density at radius 1 is 1.19 bits per heavy atom. The van der Waals surface area contributed by atoms with Crippen LogP contribution in [0, 0.1) is 19.7 Å². The number of nitrogens with zero attached hydrogens (tertiary/aromatic N) is 2. The van der Waals surface area contributed by atoms with E-state index in [4.69, 9.17) is 0 Å². The van der Waals surface area contributed by atoms with Gasteiger partial charge in [-0.3, -0.25) is 4.79 Å². The van der Waals surface area contributed by atoms with Gasteiger partial charge in [-0.15, -0.1) is 11.3 Å². The zero-order valence-electron chi connectivity index (χ0n) is 15.0. The van der Waals surface area contributed by atoms with Crippen LogP contribution in [0.5, 0.6) is 0 Å². The van der Waals surface area contributed by atoms with E-state index in [1.807, 2.05) is 49.0 Å². The van der Waals surface area contributed by atoms with Crippen molar-refractivity contribution in [3.05, 3.63) is 82.4 Å². The summed E-state index contributed by atoms with van der Waals surface area (Å²) in [7, 11) is 0. The predicted molar refractivity (Wildman–Crippen MR) is 106 cm³/mol. The van der Waals surface area contributed by atoms with Crippen molar-refractivity contribution in [3.8, 4) is 5.69 Å². The molecule has 0 aliphatic carbocycles. The van der Waals surface area contributed by atoms with Gasteiger partial charge >= 0.3 is 0 Å². The van der Waals surface area contributed by atoms with Gasteiger partial charge in [-0.1, -0.05) is 18.2 Å². The number of benzene rings is 1. The van der Waals surface area contributed by atoms with Gasteiger partial charge in [-0.2, -0.15) is 0 Å². The van der Waals surface area contributed by atoms with E-state index in [9.17, 15) is 9.18 Å². The second-order valence-corrected chi connectivity index (χ2v) is 7.40. The highest BCUT2D eigenvalue weighted by molar-refractivity contribution is 7.21. The normalized spacial score (nSPS) is 11.1. The first-order valence-electron chi connectivity index (χ1n) is 8.60. The van der Waals surface area contributed by atoms with Gasteiger partial charge in [0.2, 0.25) is 0 Å². The standard InChI is InChI=1S/C21H18FN3OS/c1-13-11-14(2)24-21-17(13)18(25-9-5-6-10-25)19(27-21)20(26)23-12-15-7-3-4-8-16(15)22/h3-11H,12H2,1-2H3,(H,23,26). The number of hydrogen-bond acceptors (Lipinski definition) is 3. The number of rotatable bonds is 4. The van der Waals surface area contributed by atoms with Gasteiger partial charge in [0.05, 0.1) is 5.69 Å². The molecule has 0 bridgehead atoms. The molecule has 0 unspecified atom stereocenters. The molecular formula is C21H18FN3OS. The summed E-state index contributed by atoms with van der Waals surface area (Å²) in [6, 6.07) is 12.3. The van der Waals surface area contributed by atoms with Gasteiger partial charge in [0.15, 0.2) is 0 Å². The highest BCUT2D eigenvalue weighted by Gasteiger charge is 2.22. The molecule has 4 nitrogen and oxygen atoms in total. The maximum Gasteiger partial charge on any atom is 0.263 e. The number of aryl methyl sites for hydroxylation is 2. The molecule has 6 heteroatoms. The van der Waals surface area contributed by atoms with Crippen molar-refractivity contribution in [2.24, 2.45) is 0 Å². The lowest BCUT2D eigenvalue weighted by Gasteiger charge is -2.09. The maximum absolute atomic E-state index is 13.8. The lowest BCUT2D eigenvalue weighted by Crippen LogP contribution is -2.23. The molecule has 0 radical (unpaired) electrons. The zero-order valence-corrected chi connectivity index (χ0v) is 15.8. The summed E-state index contributed by atoms with van der Waals surface area (Å²) >= 11 is 1.36. The molecule has 0 aliphatic rings. The van der Waals surface area contributed by atoms with E-state index in [1.165, 1.54) is 17.4 Å². The van der Waals surface area contributed by atoms with Crippen molar-refractivity contribution in [1.29, 1.82) is 0 Å². The molecule has 3 aromatic heterocycles. The molecule has 1 N–H and O–H groups in total. The predicted octanol–water partition coefficient (Wildman–Crippen LogP) is 4.77. The summed E-state index contributed by atoms with van der Waals surface area (Å²) in [6.45, 7) is 4.10. The Morgan fingerprint density at radius 3 is 2.67 bits per heavy atom. The molecule has 0 saturated carbocycles. The van der Waals surface area contributed by atoms with Crippen molar-refractivity contribution >= 4 is 27.5 Å². The van der Waals surface area contributed by atoms with Crippen LogP contribution in [0.3, 0.4) is 0 Å². The summed E-state index contributed by atoms with van der Waals surface area (Å²) in [5, 5.41) is 3.81. The third kappa shape index (κ3) is 3.24. The second kappa shape index (κ2) is 6.96. The molecule has 1 aromatic carbocycles. The highest BCUT2D eigenvalue weighted by Crippen LogP contribution is 2.35. The third-order valence-corrected chi connectivity index (χ3v) is 5.50. The number of amides is 1. The number of nitrogens with one attached hydrogen (secondary N) is 1. The van der Waals surface area contributed by atoms with Crippen LogP contribution in [0.15, 0.2) is 54.9 Å². The van der Waals surface area contributed by atoms with E-state index in [0.717, 1.165) is 27.2 Å². The van der Waals surface area contributed by atoms with E-state index in [1.54, 1.807) is 18.2 Å². The van der Waals surface area contributed by atoms with Gasteiger partial charge in [0, 0.05) is 35.6 Å². The van der Waals surface area contributed by atoms with Crippen LogP contribution >= 0.6 is 11.3 Å². The zero-order chi connectivity index (χ0) is 19.0. The quantitative estimate of drug-likeness (QED) is 0.555. The number of aromatic nitrogens is 2. The Kier molecular flexibility index (Phi) is 4.49. The average Bonchev–Trinajstić information content (AvgIpc) is 3.27. The van der Waals surface area contributed by atoms with Gasteiger partial charge in [0.1, 0.15) is 15.5 Å². The molecule has 27 heavy (non-hydrogen) atoms. The molecular weight excluding hydrogens is 361 g/mol. The van der Waals surface area contributed by atoms with Gasteiger partial charge in [0.25, 0.3) is 5.91 Å². The summed E-state index contributed by atoms with van der Waals surface area (Å²) in [4.78, 5) is 18.9. The van der Waals surface area contributed by atoms with Crippen LogP contribution in [-0.4, -0.2) is 15.5 Å². The smallest absolute Gasteiger partial charge is 0.263 e. The average molecular weight is 379 g/mol. The van der Waals surface area contributed by atoms with E-state index >= 15 is 0 Å². The fourth-order valence-corrected chi connectivity index (χ4v) is 4.42. The van der Waals surface area contributed by atoms with Crippen molar-refractivity contribution < 1.29 is 9.18 Å². The van der Waals surface area contributed by atoms with Crippen LogP contribution in [0.2, 0.25) is 0 Å². The Balaban J connectivity index is 1.76. The minimum absolute atomic E-state index is 0.135. The molecule has 0 atom stereocenters. The number of pyridine rings is 1. The van der Waals surface area contributed by atoms with Crippen LogP contribution in [0.1, 0.15) is 26.5 Å². The van der Waals surface area contributed by atoms with E-state index in [0.29, 0.717) is 10.4 Å². The Morgan fingerprint density at radius 2 is 1.93 bits per heavy atom. The van der Waals surface area contributed by atoms with Crippen molar-refractivity contribution in [1.82, 2.24) is 14.9 Å². The lowest BCUT2D eigenvalue weighted by molar-refractivity contribution is 0.0954. The molecule has 1 amide bonds. The number of carbonyl (C=O) groups excluding carboxylic acids is 1. The van der Waals surface area contributed by atoms with Crippen LogP contribution in [0.25, 0.3) is 15.9 Å². The second-order valence-electron chi connectivity index (χ2n) is 6.40. The largest absolute Gasteiger partial charge is 0.347 e. The maximum atomic E-state index is 13.8. The molecule has 0 saturated heterocycles. The monoisotopic (exact) mass is 379 g/mol. The third-order valence-electron chi connectivity index (χ3n) is 4.43. The SMILES string of the molecule is Cc1cc(C)c2c(-n3cccc3)c(C(=O)NCc3ccccc3F)sc2n1. The first kappa shape index (κ1) is 17.4. The fourth-order valence-electron chi connectivity index (χ4n) is 3.20. The number of halogens is 1. The van der Waals surface area contributed by atoms with E-state index in [2.05, 4.69) is 10.3 Å². The number of thiophene rings is 1. The lowest BCUT2D eigenvalue weighted by atomic mass is 10.1. The van der Waals surface area contributed by atoms with Gasteiger partial charge in [-0.05, 0) is 43.7 Å². The van der Waals surface area contributed by atoms with E-state index < -0.39 is 0 Å². The molecule has 0 aliphatic heterocycles. The Hall–Kier alpha value is -2.99. The van der Waals surface area contributed by atoms with Gasteiger partial charge < -0.3 is 9.88 Å². The minimum Gasteiger partial charge on any atom is -0.347 e. The van der Waals surface area contributed by atoms with Crippen LogP contribution < -0.4 is 5.32 Å². The molecule has 136 valence electrons. The van der Waals surface area contributed by atoms with Gasteiger partial charge in [-0.25, -0.2) is 9.37 Å². The fraction of sp³-hybridized carbons (Fsp3) is 0.143. The summed E-state index contributed by atoms with van der Waals surface area (Å²) in [5.74, 6) is -0.560. The van der Waals surface area contributed by atoms with Crippen molar-refractivity contribution in [2.75, 3.05) is 0 Å². The molecule has 0 spiro atoms. The Bertz CT molecular complexity index is 1130.